The van der Waals surface area contributed by atoms with E-state index in [0.717, 1.165) is 0 Å². The van der Waals surface area contributed by atoms with Gasteiger partial charge in [0.15, 0.2) is 4.75 Å². The van der Waals surface area contributed by atoms with Crippen LogP contribution in [0.4, 0.5) is 0 Å². The van der Waals surface area contributed by atoms with Crippen LogP contribution in [0.25, 0.3) is 0 Å². The zero-order chi connectivity index (χ0) is 21.6. The number of phenolic OH excluding ortho intramolecular Hbond substituents is 2. The molecule has 0 aliphatic heterocycles. The minimum absolute atomic E-state index is 0.00273. The molecule has 3 aromatic rings. The Labute approximate surface area is 186 Å². The maximum Gasteiger partial charge on any atom is 0.283 e. The van der Waals surface area contributed by atoms with Crippen LogP contribution in [-0.2, 0) is 14.9 Å². The predicted octanol–water partition coefficient (Wildman–Crippen LogP) is 5.89. The summed E-state index contributed by atoms with van der Waals surface area (Å²) in [5.74, 6) is -0.397. The second-order valence-electron chi connectivity index (χ2n) is 6.12. The van der Waals surface area contributed by atoms with Gasteiger partial charge >= 0.3 is 0 Å². The van der Waals surface area contributed by atoms with Crippen LogP contribution in [0.2, 0.25) is 20.1 Å². The van der Waals surface area contributed by atoms with E-state index in [2.05, 4.69) is 0 Å². The molecule has 0 aliphatic rings. The molecule has 10 heteroatoms. The van der Waals surface area contributed by atoms with Gasteiger partial charge in [0.25, 0.3) is 10.1 Å². The largest absolute Gasteiger partial charge is 0.508 e. The van der Waals surface area contributed by atoms with Crippen LogP contribution in [0, 0.1) is 0 Å². The van der Waals surface area contributed by atoms with Crippen molar-refractivity contribution in [3.8, 4) is 11.5 Å². The summed E-state index contributed by atoms with van der Waals surface area (Å²) < 4.78 is 34.0. The molecule has 0 spiro atoms. The number of aromatic hydroxyl groups is 2. The van der Waals surface area contributed by atoms with Crippen LogP contribution < -0.4 is 0 Å². The number of phenols is 2. The third-order valence-electron chi connectivity index (χ3n) is 4.41. The van der Waals surface area contributed by atoms with Gasteiger partial charge in [-0.25, -0.2) is 0 Å². The zero-order valence-corrected chi connectivity index (χ0v) is 18.1. The quantitative estimate of drug-likeness (QED) is 0.239. The van der Waals surface area contributed by atoms with E-state index in [9.17, 15) is 23.2 Å². The van der Waals surface area contributed by atoms with Gasteiger partial charge in [-0.1, -0.05) is 64.6 Å². The predicted molar refractivity (Wildman–Crippen MR) is 114 cm³/mol. The smallest absolute Gasteiger partial charge is 0.283 e. The van der Waals surface area contributed by atoms with Crippen LogP contribution in [0.3, 0.4) is 0 Å². The van der Waals surface area contributed by atoms with Crippen LogP contribution >= 0.6 is 46.4 Å². The first-order chi connectivity index (χ1) is 13.5. The van der Waals surface area contributed by atoms with E-state index in [-0.39, 0.29) is 48.3 Å². The van der Waals surface area contributed by atoms with Gasteiger partial charge in [-0.05, 0) is 53.1 Å². The minimum Gasteiger partial charge on any atom is -0.508 e. The molecule has 0 fully saturated rings. The molecule has 3 N–H and O–H groups in total. The van der Waals surface area contributed by atoms with Gasteiger partial charge in [0.1, 0.15) is 11.5 Å². The second kappa shape index (κ2) is 7.87. The first-order valence-electron chi connectivity index (χ1n) is 7.89. The topological polar surface area (TPSA) is 94.8 Å². The number of halogens is 4. The van der Waals surface area contributed by atoms with Crippen molar-refractivity contribution in [1.82, 2.24) is 0 Å². The molecule has 1 unspecified atom stereocenters. The Hall–Kier alpha value is -1.67. The third-order valence-corrected chi connectivity index (χ3v) is 7.39. The SMILES string of the molecule is O=S(=O)(O)C(c1ccc(O)cc1)(c1ccc(O)c(Cl)c1)c1cc(Cl)c(Cl)c(Cl)c1. The molecule has 0 aliphatic carbocycles. The molecule has 0 radical (unpaired) electrons. The molecule has 152 valence electrons. The highest BCUT2D eigenvalue weighted by atomic mass is 35.5. The van der Waals surface area contributed by atoms with E-state index in [0.29, 0.717) is 0 Å². The van der Waals surface area contributed by atoms with Crippen molar-refractivity contribution < 1.29 is 23.2 Å². The van der Waals surface area contributed by atoms with E-state index < -0.39 is 14.9 Å². The van der Waals surface area contributed by atoms with Gasteiger partial charge < -0.3 is 10.2 Å². The van der Waals surface area contributed by atoms with E-state index in [1.807, 2.05) is 0 Å². The highest BCUT2D eigenvalue weighted by Crippen LogP contribution is 2.48. The summed E-state index contributed by atoms with van der Waals surface area (Å²) in [5, 5.41) is 19.2. The van der Waals surface area contributed by atoms with Gasteiger partial charge in [-0.3, -0.25) is 4.55 Å². The maximum absolute atomic E-state index is 12.9. The molecule has 5 nitrogen and oxygen atoms in total. The first-order valence-corrected chi connectivity index (χ1v) is 10.8. The molecule has 1 atom stereocenters. The minimum atomic E-state index is -4.96. The fourth-order valence-electron chi connectivity index (χ4n) is 3.13. The molecule has 0 amide bonds. The van der Waals surface area contributed by atoms with Crippen molar-refractivity contribution in [2.75, 3.05) is 0 Å². The summed E-state index contributed by atoms with van der Waals surface area (Å²) in [7, 11) is -4.96. The molecule has 0 saturated carbocycles. The third kappa shape index (κ3) is 3.77. The van der Waals surface area contributed by atoms with Crippen molar-refractivity contribution in [2.24, 2.45) is 0 Å². The lowest BCUT2D eigenvalue weighted by atomic mass is 9.84. The summed E-state index contributed by atoms with van der Waals surface area (Å²) in [5.41, 5.74) is 0.0452. The van der Waals surface area contributed by atoms with Gasteiger partial charge in [-0.2, -0.15) is 8.42 Å². The van der Waals surface area contributed by atoms with Gasteiger partial charge in [0.2, 0.25) is 0 Å². The number of hydrogen-bond donors (Lipinski definition) is 3. The van der Waals surface area contributed by atoms with Crippen LogP contribution in [0.5, 0.6) is 11.5 Å². The first kappa shape index (κ1) is 22.0. The number of rotatable bonds is 4. The lowest BCUT2D eigenvalue weighted by molar-refractivity contribution is 0.456. The summed E-state index contributed by atoms with van der Waals surface area (Å²) in [6, 6.07) is 11.4. The van der Waals surface area contributed by atoms with E-state index in [4.69, 9.17) is 46.4 Å². The maximum atomic E-state index is 12.9. The lowest BCUT2D eigenvalue weighted by Gasteiger charge is -2.33. The monoisotopic (exact) mass is 492 g/mol. The van der Waals surface area contributed by atoms with E-state index >= 15 is 0 Å². The summed E-state index contributed by atoms with van der Waals surface area (Å²) >= 11 is 24.3. The van der Waals surface area contributed by atoms with Gasteiger partial charge in [0.05, 0.1) is 20.1 Å². The molecule has 3 aromatic carbocycles. The Morgan fingerprint density at radius 3 is 1.66 bits per heavy atom. The Bertz CT molecular complexity index is 1170. The summed E-state index contributed by atoms with van der Waals surface area (Å²) in [6.45, 7) is 0. The molecule has 0 saturated heterocycles. The molecule has 0 aromatic heterocycles. The van der Waals surface area contributed by atoms with E-state index in [1.54, 1.807) is 0 Å². The summed E-state index contributed by atoms with van der Waals surface area (Å²) in [6.07, 6.45) is 0. The fraction of sp³-hybridized carbons (Fsp3) is 0.0526. The fourth-order valence-corrected chi connectivity index (χ4v) is 5.18. The normalized spacial score (nSPS) is 13.8. The Kier molecular flexibility index (Phi) is 5.98. The van der Waals surface area contributed by atoms with Crippen LogP contribution in [0.1, 0.15) is 16.7 Å². The molecule has 3 rings (SSSR count). The molecule has 0 bridgehead atoms. The van der Waals surface area contributed by atoms with Crippen molar-refractivity contribution in [1.29, 1.82) is 0 Å². The highest BCUT2D eigenvalue weighted by Gasteiger charge is 2.49. The van der Waals surface area contributed by atoms with Gasteiger partial charge in [0, 0.05) is 0 Å². The van der Waals surface area contributed by atoms with Crippen molar-refractivity contribution in [3.05, 3.63) is 91.4 Å². The van der Waals surface area contributed by atoms with Crippen molar-refractivity contribution in [2.45, 2.75) is 4.75 Å². The van der Waals surface area contributed by atoms with Crippen LogP contribution in [-0.4, -0.2) is 23.2 Å². The second-order valence-corrected chi connectivity index (χ2v) is 9.29. The lowest BCUT2D eigenvalue weighted by Crippen LogP contribution is -2.38. The zero-order valence-electron chi connectivity index (χ0n) is 14.3. The Morgan fingerprint density at radius 1 is 0.690 bits per heavy atom. The van der Waals surface area contributed by atoms with Crippen molar-refractivity contribution in [3.63, 3.8) is 0 Å². The standard InChI is InChI=1S/C19H12Cl4O5S/c20-14-7-11(3-6-17(14)25)19(29(26,27)28,10-1-4-13(24)5-2-10)12-8-15(21)18(23)16(22)9-12/h1-9,24-25H,(H,26,27,28). The molecule has 29 heavy (non-hydrogen) atoms. The molecule has 0 heterocycles. The molecular weight excluding hydrogens is 482 g/mol. The highest BCUT2D eigenvalue weighted by molar-refractivity contribution is 7.87. The Balaban J connectivity index is 2.54. The molecular formula is C19H12Cl4O5S. The van der Waals surface area contributed by atoms with Crippen molar-refractivity contribution >= 4 is 56.5 Å². The average Bonchev–Trinajstić information content (AvgIpc) is 2.63. The van der Waals surface area contributed by atoms with Gasteiger partial charge in [-0.15, -0.1) is 0 Å². The Morgan fingerprint density at radius 2 is 1.17 bits per heavy atom. The average molecular weight is 494 g/mol. The van der Waals surface area contributed by atoms with E-state index in [1.165, 1.54) is 54.6 Å². The van der Waals surface area contributed by atoms with Crippen LogP contribution in [0.15, 0.2) is 54.6 Å². The number of hydrogen-bond acceptors (Lipinski definition) is 4. The summed E-state index contributed by atoms with van der Waals surface area (Å²) in [4.78, 5) is 0. The number of benzene rings is 3.